The fourth-order valence-electron chi connectivity index (χ4n) is 3.45. The first-order chi connectivity index (χ1) is 10.8. The second-order valence-corrected chi connectivity index (χ2v) is 12.7. The minimum atomic E-state index is -1.94. The molecule has 0 heterocycles. The van der Waals surface area contributed by atoms with Gasteiger partial charge in [-0.3, -0.25) is 0 Å². The molecule has 1 unspecified atom stereocenters. The van der Waals surface area contributed by atoms with Crippen molar-refractivity contribution >= 4 is 9.28 Å². The molecule has 1 aromatic rings. The Balaban J connectivity index is 2.10. The summed E-state index contributed by atoms with van der Waals surface area (Å²) in [5.74, 6) is 0. The van der Waals surface area contributed by atoms with E-state index in [0.717, 1.165) is 19.3 Å². The van der Waals surface area contributed by atoms with Crippen LogP contribution in [-0.4, -0.2) is 3.21 Å². The van der Waals surface area contributed by atoms with E-state index in [9.17, 15) is 0 Å². The molecular weight excluding hydrogens is 343 g/mol. The van der Waals surface area contributed by atoms with Gasteiger partial charge >= 0.3 is 142 Å². The molecule has 0 amide bonds. The summed E-state index contributed by atoms with van der Waals surface area (Å²) >= 11 is -1.94. The van der Waals surface area contributed by atoms with Crippen LogP contribution in [0.5, 0.6) is 0 Å². The van der Waals surface area contributed by atoms with Crippen LogP contribution in [0.2, 0.25) is 0 Å². The second-order valence-electron chi connectivity index (χ2n) is 5.79. The number of benzene rings is 1. The van der Waals surface area contributed by atoms with Gasteiger partial charge in [0.15, 0.2) is 0 Å². The summed E-state index contributed by atoms with van der Waals surface area (Å²) in [5, 5.41) is 0. The Hall–Kier alpha value is -1.33. The van der Waals surface area contributed by atoms with Crippen molar-refractivity contribution in [2.75, 3.05) is 0 Å². The molecule has 2 aliphatic rings. The van der Waals surface area contributed by atoms with Crippen molar-refractivity contribution in [2.45, 2.75) is 22.9 Å². The third kappa shape index (κ3) is 3.06. The molecule has 0 saturated heterocycles. The summed E-state index contributed by atoms with van der Waals surface area (Å²) in [4.78, 5) is 0. The van der Waals surface area contributed by atoms with E-state index in [0.29, 0.717) is 3.63 Å². The zero-order valence-electron chi connectivity index (χ0n) is 13.0. The summed E-state index contributed by atoms with van der Waals surface area (Å²) in [6.07, 6.45) is 19.1. The van der Waals surface area contributed by atoms with E-state index < -0.39 is 21.3 Å². The van der Waals surface area contributed by atoms with Crippen LogP contribution >= 0.6 is 0 Å². The van der Waals surface area contributed by atoms with Crippen LogP contribution < -0.4 is 0 Å². The van der Waals surface area contributed by atoms with Crippen molar-refractivity contribution in [1.82, 2.24) is 0 Å². The Morgan fingerprint density at radius 2 is 1.95 bits per heavy atom. The standard InChI is InChI=1S/C9H7.C7H10.C5H5.Zr/c1-2-5-9-7-3-6-8(9)4-1;1-3-5-7-6-4-2;1-2-4-5-3-1;/h1-7H;3-4H,1-2,5-6H2;1-3H,4H2;. The zero-order chi connectivity index (χ0) is 15.4. The molecule has 0 bridgehead atoms. The van der Waals surface area contributed by atoms with Crippen molar-refractivity contribution in [3.63, 3.8) is 0 Å². The third-order valence-electron chi connectivity index (χ3n) is 4.39. The first-order valence-corrected chi connectivity index (χ1v) is 11.8. The predicted molar refractivity (Wildman–Crippen MR) is 94.7 cm³/mol. The SMILES string of the molecule is C=CC[C](CC=C)=[Zr]([C]1=CC=CC1)[CH]1C=Cc2ccccc21. The first-order valence-electron chi connectivity index (χ1n) is 7.92. The molecule has 0 N–H and O–H groups in total. The Labute approximate surface area is 141 Å². The predicted octanol–water partition coefficient (Wildman–Crippen LogP) is 5.54. The van der Waals surface area contributed by atoms with E-state index in [1.54, 1.807) is 6.49 Å². The summed E-state index contributed by atoms with van der Waals surface area (Å²) in [6.45, 7) is 7.97. The average Bonchev–Trinajstić information content (AvgIpc) is 3.19. The number of hydrogen-bond acceptors (Lipinski definition) is 0. The Morgan fingerprint density at radius 3 is 2.64 bits per heavy atom. The van der Waals surface area contributed by atoms with Crippen molar-refractivity contribution in [1.29, 1.82) is 0 Å². The second kappa shape index (κ2) is 7.29. The van der Waals surface area contributed by atoms with E-state index >= 15 is 0 Å². The van der Waals surface area contributed by atoms with Crippen LogP contribution in [0, 0.1) is 0 Å². The van der Waals surface area contributed by atoms with Crippen LogP contribution in [0.15, 0.2) is 77.2 Å². The molecule has 0 nitrogen and oxygen atoms in total. The summed E-state index contributed by atoms with van der Waals surface area (Å²) in [5.41, 5.74) is 2.95. The van der Waals surface area contributed by atoms with Gasteiger partial charge in [-0.05, 0) is 0 Å². The normalized spacial score (nSPS) is 18.0. The molecule has 1 heteroatoms. The fourth-order valence-corrected chi connectivity index (χ4v) is 12.0. The maximum atomic E-state index is 3.99. The van der Waals surface area contributed by atoms with Crippen LogP contribution in [0.4, 0.5) is 0 Å². The third-order valence-corrected chi connectivity index (χ3v) is 12.6. The molecule has 2 aliphatic carbocycles. The molecule has 0 saturated carbocycles. The van der Waals surface area contributed by atoms with Gasteiger partial charge in [-0.25, -0.2) is 0 Å². The van der Waals surface area contributed by atoms with Crippen molar-refractivity contribution in [3.05, 3.63) is 88.3 Å². The molecule has 22 heavy (non-hydrogen) atoms. The molecule has 0 aliphatic heterocycles. The molecule has 0 spiro atoms. The van der Waals surface area contributed by atoms with Gasteiger partial charge in [0.25, 0.3) is 0 Å². The maximum absolute atomic E-state index is 3.99. The fraction of sp³-hybridized carbons (Fsp3) is 0.190. The van der Waals surface area contributed by atoms with Gasteiger partial charge in [0.1, 0.15) is 0 Å². The van der Waals surface area contributed by atoms with E-state index in [1.807, 2.05) is 0 Å². The molecule has 0 aromatic heterocycles. The van der Waals surface area contributed by atoms with Crippen molar-refractivity contribution in [2.24, 2.45) is 0 Å². The number of rotatable bonds is 6. The van der Waals surface area contributed by atoms with Crippen molar-refractivity contribution < 1.29 is 21.3 Å². The van der Waals surface area contributed by atoms with E-state index in [-0.39, 0.29) is 0 Å². The molecule has 0 fully saturated rings. The molecule has 0 radical (unpaired) electrons. The Morgan fingerprint density at radius 1 is 1.18 bits per heavy atom. The summed E-state index contributed by atoms with van der Waals surface area (Å²) in [7, 11) is 0. The molecule has 1 aromatic carbocycles. The summed E-state index contributed by atoms with van der Waals surface area (Å²) in [6, 6.07) is 8.89. The monoisotopic (exact) mass is 364 g/mol. The Bertz CT molecular complexity index is 701. The topological polar surface area (TPSA) is 0 Å². The molecule has 110 valence electrons. The van der Waals surface area contributed by atoms with Gasteiger partial charge in [0.2, 0.25) is 0 Å². The first kappa shape index (κ1) is 15.6. The van der Waals surface area contributed by atoms with Gasteiger partial charge in [-0.1, -0.05) is 0 Å². The van der Waals surface area contributed by atoms with Gasteiger partial charge in [0.05, 0.1) is 0 Å². The van der Waals surface area contributed by atoms with Gasteiger partial charge in [-0.15, -0.1) is 0 Å². The van der Waals surface area contributed by atoms with Gasteiger partial charge < -0.3 is 0 Å². The van der Waals surface area contributed by atoms with E-state index in [2.05, 4.69) is 80.0 Å². The van der Waals surface area contributed by atoms with Crippen molar-refractivity contribution in [3.8, 4) is 0 Å². The van der Waals surface area contributed by atoms with Gasteiger partial charge in [-0.2, -0.15) is 0 Å². The van der Waals surface area contributed by atoms with Crippen LogP contribution in [-0.2, 0) is 21.3 Å². The van der Waals surface area contributed by atoms with Crippen LogP contribution in [0.1, 0.15) is 34.0 Å². The Kier molecular flexibility index (Phi) is 5.16. The van der Waals surface area contributed by atoms with E-state index in [1.165, 1.54) is 11.1 Å². The quantitative estimate of drug-likeness (QED) is 0.581. The number of hydrogen-bond donors (Lipinski definition) is 0. The zero-order valence-corrected chi connectivity index (χ0v) is 15.4. The van der Waals surface area contributed by atoms with Gasteiger partial charge in [0, 0.05) is 0 Å². The minimum absolute atomic E-state index is 0.639. The molecule has 3 rings (SSSR count). The average molecular weight is 366 g/mol. The molecular formula is C21H22Zr. The van der Waals surface area contributed by atoms with E-state index in [4.69, 9.17) is 0 Å². The van der Waals surface area contributed by atoms with Crippen LogP contribution in [0.3, 0.4) is 0 Å². The van der Waals surface area contributed by atoms with Crippen LogP contribution in [0.25, 0.3) is 6.08 Å². The summed E-state index contributed by atoms with van der Waals surface area (Å²) < 4.78 is 4.07. The number of allylic oxidation sites excluding steroid dienone is 7. The molecule has 1 atom stereocenters. The number of fused-ring (bicyclic) bond motifs is 1.